The van der Waals surface area contributed by atoms with Gasteiger partial charge in [0.25, 0.3) is 0 Å². The molecule has 1 rings (SSSR count). The van der Waals surface area contributed by atoms with E-state index in [2.05, 4.69) is 30.1 Å². The first-order chi connectivity index (χ1) is 7.30. The van der Waals surface area contributed by atoms with Crippen LogP contribution in [0.4, 0.5) is 5.13 Å². The number of rotatable bonds is 4. The van der Waals surface area contributed by atoms with Crippen molar-refractivity contribution < 1.29 is 0 Å². The molecule has 1 heterocycles. The molecule has 0 unspecified atom stereocenters. The van der Waals surface area contributed by atoms with E-state index in [-0.39, 0.29) is 5.41 Å². The maximum Gasteiger partial charge on any atom is 0.204 e. The van der Waals surface area contributed by atoms with Gasteiger partial charge < -0.3 is 10.6 Å². The van der Waals surface area contributed by atoms with E-state index in [1.807, 2.05) is 11.9 Å². The summed E-state index contributed by atoms with van der Waals surface area (Å²) in [4.78, 5) is 7.08. The summed E-state index contributed by atoms with van der Waals surface area (Å²) in [5.74, 6) is 0.884. The number of thiocarbonyl (C=S) groups is 1. The number of aromatic nitrogens is 2. The van der Waals surface area contributed by atoms with Gasteiger partial charge >= 0.3 is 0 Å². The molecule has 1 aromatic heterocycles. The highest BCUT2D eigenvalue weighted by Gasteiger charge is 2.20. The van der Waals surface area contributed by atoms with Crippen molar-refractivity contribution in [3.05, 3.63) is 5.82 Å². The lowest BCUT2D eigenvalue weighted by molar-refractivity contribution is 0.554. The second kappa shape index (κ2) is 5.05. The van der Waals surface area contributed by atoms with E-state index in [0.29, 0.717) is 11.4 Å². The van der Waals surface area contributed by atoms with Gasteiger partial charge in [0.15, 0.2) is 0 Å². The van der Waals surface area contributed by atoms with Crippen LogP contribution in [0.25, 0.3) is 0 Å². The Labute approximate surface area is 106 Å². The van der Waals surface area contributed by atoms with Gasteiger partial charge in [0, 0.05) is 37.0 Å². The van der Waals surface area contributed by atoms with Crippen molar-refractivity contribution in [3.8, 4) is 0 Å². The van der Waals surface area contributed by atoms with Gasteiger partial charge in [0.1, 0.15) is 5.82 Å². The van der Waals surface area contributed by atoms with Gasteiger partial charge in [-0.3, -0.25) is 0 Å². The van der Waals surface area contributed by atoms with E-state index in [9.17, 15) is 0 Å². The maximum atomic E-state index is 5.47. The molecule has 0 bridgehead atoms. The normalized spacial score (nSPS) is 11.5. The molecule has 0 aliphatic carbocycles. The van der Waals surface area contributed by atoms with Crippen molar-refractivity contribution in [1.29, 1.82) is 0 Å². The van der Waals surface area contributed by atoms with Crippen LogP contribution in [0.5, 0.6) is 0 Å². The smallest absolute Gasteiger partial charge is 0.204 e. The van der Waals surface area contributed by atoms with Gasteiger partial charge in [-0.05, 0) is 0 Å². The third-order valence-corrected chi connectivity index (χ3v) is 3.14. The number of nitrogens with two attached hydrogens (primary N) is 1. The molecule has 90 valence electrons. The molecule has 0 aliphatic rings. The number of hydrogen-bond donors (Lipinski definition) is 1. The van der Waals surface area contributed by atoms with Gasteiger partial charge in [0.05, 0.1) is 4.99 Å². The fourth-order valence-corrected chi connectivity index (χ4v) is 1.98. The van der Waals surface area contributed by atoms with Gasteiger partial charge in [-0.2, -0.15) is 4.37 Å². The van der Waals surface area contributed by atoms with E-state index >= 15 is 0 Å². The second-order valence-electron chi connectivity index (χ2n) is 4.79. The third-order valence-electron chi connectivity index (χ3n) is 2.11. The first-order valence-electron chi connectivity index (χ1n) is 5.14. The molecule has 4 nitrogen and oxygen atoms in total. The fraction of sp³-hybridized carbons (Fsp3) is 0.700. The molecule has 0 saturated heterocycles. The van der Waals surface area contributed by atoms with Gasteiger partial charge in [-0.1, -0.05) is 33.0 Å². The zero-order valence-corrected chi connectivity index (χ0v) is 11.8. The molecule has 0 amide bonds. The maximum absolute atomic E-state index is 5.47. The molecular formula is C10H18N4S2. The Morgan fingerprint density at radius 3 is 2.56 bits per heavy atom. The molecule has 16 heavy (non-hydrogen) atoms. The van der Waals surface area contributed by atoms with Crippen LogP contribution in [0, 0.1) is 0 Å². The van der Waals surface area contributed by atoms with E-state index in [1.54, 1.807) is 0 Å². The van der Waals surface area contributed by atoms with Gasteiger partial charge in [-0.25, -0.2) is 4.98 Å². The van der Waals surface area contributed by atoms with E-state index in [4.69, 9.17) is 18.0 Å². The molecule has 0 aliphatic heterocycles. The molecule has 0 fully saturated rings. The van der Waals surface area contributed by atoms with Crippen LogP contribution in [0.1, 0.15) is 33.0 Å². The summed E-state index contributed by atoms with van der Waals surface area (Å²) in [6, 6.07) is 0. The van der Waals surface area contributed by atoms with Gasteiger partial charge in [0.2, 0.25) is 5.13 Å². The van der Waals surface area contributed by atoms with Gasteiger partial charge in [-0.15, -0.1) is 0 Å². The Balaban J connectivity index is 2.67. The molecule has 0 saturated carbocycles. The third kappa shape index (κ3) is 3.68. The molecule has 0 spiro atoms. The standard InChI is InChI=1S/C10H18N4S2/c1-10(2,3)8-12-9(16-13-8)14(4)6-5-7(11)15/h5-6H2,1-4H3,(H2,11,15). The number of hydrogen-bond acceptors (Lipinski definition) is 5. The van der Waals surface area contributed by atoms with E-state index in [0.717, 1.165) is 17.5 Å². The van der Waals surface area contributed by atoms with Crippen LogP contribution in [0.3, 0.4) is 0 Å². The lowest BCUT2D eigenvalue weighted by Gasteiger charge is -2.15. The lowest BCUT2D eigenvalue weighted by Crippen LogP contribution is -2.23. The van der Waals surface area contributed by atoms with Crippen LogP contribution in [0.2, 0.25) is 0 Å². The predicted octanol–water partition coefficient (Wildman–Crippen LogP) is 1.95. The van der Waals surface area contributed by atoms with Crippen molar-refractivity contribution in [2.45, 2.75) is 32.6 Å². The van der Waals surface area contributed by atoms with Crippen molar-refractivity contribution >= 4 is 33.9 Å². The summed E-state index contributed by atoms with van der Waals surface area (Å²) >= 11 is 6.26. The Kier molecular flexibility index (Phi) is 4.21. The minimum absolute atomic E-state index is 0.00123. The molecule has 2 N–H and O–H groups in total. The number of anilines is 1. The summed E-state index contributed by atoms with van der Waals surface area (Å²) in [7, 11) is 1.98. The topological polar surface area (TPSA) is 55.0 Å². The van der Waals surface area contributed by atoms with E-state index < -0.39 is 0 Å². The quantitative estimate of drug-likeness (QED) is 0.837. The van der Waals surface area contributed by atoms with Crippen LogP contribution in [0.15, 0.2) is 0 Å². The highest BCUT2D eigenvalue weighted by atomic mass is 32.1. The molecule has 0 atom stereocenters. The lowest BCUT2D eigenvalue weighted by atomic mass is 9.96. The average molecular weight is 258 g/mol. The monoisotopic (exact) mass is 258 g/mol. The minimum atomic E-state index is -0.00123. The summed E-state index contributed by atoms with van der Waals surface area (Å²) in [6.45, 7) is 7.10. The highest BCUT2D eigenvalue weighted by molar-refractivity contribution is 7.80. The first kappa shape index (κ1) is 13.3. The fourth-order valence-electron chi connectivity index (χ4n) is 1.05. The SMILES string of the molecule is CN(CCC(N)=S)c1nc(C(C)(C)C)ns1. The average Bonchev–Trinajstić information content (AvgIpc) is 2.61. The van der Waals surface area contributed by atoms with E-state index in [1.165, 1.54) is 11.5 Å². The minimum Gasteiger partial charge on any atom is -0.393 e. The Morgan fingerprint density at radius 1 is 1.50 bits per heavy atom. The summed E-state index contributed by atoms with van der Waals surface area (Å²) in [6.07, 6.45) is 0.705. The first-order valence-corrected chi connectivity index (χ1v) is 6.32. The van der Waals surface area contributed by atoms with Crippen LogP contribution in [-0.2, 0) is 5.41 Å². The largest absolute Gasteiger partial charge is 0.393 e. The van der Waals surface area contributed by atoms with Crippen molar-refractivity contribution in [3.63, 3.8) is 0 Å². The number of nitrogens with zero attached hydrogens (tertiary/aromatic N) is 3. The van der Waals surface area contributed by atoms with Crippen molar-refractivity contribution in [1.82, 2.24) is 9.36 Å². The second-order valence-corrected chi connectivity index (χ2v) is 6.04. The Hall–Kier alpha value is -0.750. The molecule has 1 aromatic rings. The predicted molar refractivity (Wildman–Crippen MR) is 73.3 cm³/mol. The molecule has 6 heteroatoms. The highest BCUT2D eigenvalue weighted by Crippen LogP contribution is 2.24. The molecular weight excluding hydrogens is 240 g/mol. The molecule has 0 radical (unpaired) electrons. The Morgan fingerprint density at radius 2 is 2.12 bits per heavy atom. The Bertz CT molecular complexity index is 367. The summed E-state index contributed by atoms with van der Waals surface area (Å²) in [5, 5.41) is 0.918. The zero-order chi connectivity index (χ0) is 12.3. The van der Waals surface area contributed by atoms with Crippen LogP contribution < -0.4 is 10.6 Å². The summed E-state index contributed by atoms with van der Waals surface area (Å²) < 4.78 is 4.36. The van der Waals surface area contributed by atoms with Crippen LogP contribution >= 0.6 is 23.8 Å². The summed E-state index contributed by atoms with van der Waals surface area (Å²) in [5.41, 5.74) is 5.46. The van der Waals surface area contributed by atoms with Crippen molar-refractivity contribution in [2.24, 2.45) is 5.73 Å². The van der Waals surface area contributed by atoms with Crippen LogP contribution in [-0.4, -0.2) is 27.9 Å². The zero-order valence-electron chi connectivity index (χ0n) is 10.1. The van der Waals surface area contributed by atoms with Crippen molar-refractivity contribution in [2.75, 3.05) is 18.5 Å². The molecule has 0 aromatic carbocycles.